The first-order chi connectivity index (χ1) is 8.00. The van der Waals surface area contributed by atoms with Crippen molar-refractivity contribution >= 4 is 11.1 Å². The zero-order chi connectivity index (χ0) is 12.9. The normalized spacial score (nSPS) is 16.7. The van der Waals surface area contributed by atoms with Gasteiger partial charge in [0.1, 0.15) is 11.4 Å². The van der Waals surface area contributed by atoms with Crippen LogP contribution in [0.1, 0.15) is 27.2 Å². The van der Waals surface area contributed by atoms with Crippen LogP contribution in [-0.2, 0) is 11.1 Å². The molecule has 17 heavy (non-hydrogen) atoms. The average molecular weight is 253 g/mol. The summed E-state index contributed by atoms with van der Waals surface area (Å²) >= 11 is -2.19. The molecule has 1 aromatic carbocycles. The summed E-state index contributed by atoms with van der Waals surface area (Å²) in [7, 11) is 0. The number of allylic oxidation sites excluding steroid dienone is 1. The maximum atomic E-state index is 10.7. The molecule has 0 spiro atoms. The Morgan fingerprint density at radius 1 is 1.41 bits per heavy atom. The lowest BCUT2D eigenvalue weighted by Gasteiger charge is -2.26. The molecule has 0 radical (unpaired) electrons. The maximum Gasteiger partial charge on any atom is 0.124 e. The van der Waals surface area contributed by atoms with Gasteiger partial charge < -0.3 is 9.29 Å². The summed E-state index contributed by atoms with van der Waals surface area (Å²) in [5, 5.41) is 0. The van der Waals surface area contributed by atoms with Crippen LogP contribution in [0.15, 0.2) is 41.3 Å². The van der Waals surface area contributed by atoms with Crippen molar-refractivity contribution in [2.24, 2.45) is 0 Å². The Hall–Kier alpha value is -1.13. The molecule has 0 amide bonds. The predicted octanol–water partition coefficient (Wildman–Crippen LogP) is 3.05. The third-order valence-corrected chi connectivity index (χ3v) is 3.25. The molecule has 0 N–H and O–H groups in total. The van der Waals surface area contributed by atoms with Gasteiger partial charge >= 0.3 is 0 Å². The fourth-order valence-electron chi connectivity index (χ4n) is 1.46. The molecule has 0 aliphatic carbocycles. The van der Waals surface area contributed by atoms with Crippen LogP contribution in [0.3, 0.4) is 0 Å². The summed E-state index contributed by atoms with van der Waals surface area (Å²) in [5.74, 6) is 0.668. The van der Waals surface area contributed by atoms with Crippen LogP contribution < -0.4 is 4.74 Å². The Morgan fingerprint density at radius 3 is 2.41 bits per heavy atom. The fourth-order valence-corrected chi connectivity index (χ4v) is 1.82. The van der Waals surface area contributed by atoms with E-state index in [1.807, 2.05) is 32.9 Å². The number of hydrogen-bond acceptors (Lipinski definition) is 3. The highest BCUT2D eigenvalue weighted by Crippen LogP contribution is 2.23. The molecular formula is C13H17O3S-. The second-order valence-electron chi connectivity index (χ2n) is 3.97. The van der Waals surface area contributed by atoms with Gasteiger partial charge in [0.2, 0.25) is 0 Å². The van der Waals surface area contributed by atoms with Crippen LogP contribution in [0, 0.1) is 0 Å². The van der Waals surface area contributed by atoms with Crippen LogP contribution in [0.2, 0.25) is 0 Å². The first kappa shape index (κ1) is 13.9. The largest absolute Gasteiger partial charge is 0.768 e. The highest BCUT2D eigenvalue weighted by molar-refractivity contribution is 7.79. The van der Waals surface area contributed by atoms with E-state index in [1.54, 1.807) is 12.1 Å². The molecule has 0 saturated heterocycles. The van der Waals surface area contributed by atoms with Gasteiger partial charge in [-0.1, -0.05) is 13.0 Å². The summed E-state index contributed by atoms with van der Waals surface area (Å²) in [6.45, 7) is 5.98. The zero-order valence-corrected chi connectivity index (χ0v) is 11.1. The van der Waals surface area contributed by atoms with E-state index in [1.165, 1.54) is 12.1 Å². The van der Waals surface area contributed by atoms with Gasteiger partial charge in [-0.3, -0.25) is 4.21 Å². The van der Waals surface area contributed by atoms with Crippen molar-refractivity contribution in [1.29, 1.82) is 0 Å². The van der Waals surface area contributed by atoms with Crippen molar-refractivity contribution in [2.75, 3.05) is 0 Å². The predicted molar refractivity (Wildman–Crippen MR) is 67.8 cm³/mol. The molecular weight excluding hydrogens is 236 g/mol. The van der Waals surface area contributed by atoms with Crippen LogP contribution in [-0.4, -0.2) is 14.4 Å². The molecule has 0 aliphatic heterocycles. The van der Waals surface area contributed by atoms with Crippen molar-refractivity contribution in [3.8, 4) is 5.75 Å². The van der Waals surface area contributed by atoms with E-state index in [9.17, 15) is 8.76 Å². The number of benzene rings is 1. The molecule has 0 bridgehead atoms. The Bertz CT molecular complexity index is 411. The summed E-state index contributed by atoms with van der Waals surface area (Å²) < 4.78 is 27.2. The van der Waals surface area contributed by atoms with Gasteiger partial charge in [-0.05, 0) is 61.7 Å². The minimum absolute atomic E-state index is 0.265. The number of rotatable bonds is 5. The minimum Gasteiger partial charge on any atom is -0.768 e. The van der Waals surface area contributed by atoms with Crippen LogP contribution in [0.4, 0.5) is 0 Å². The maximum absolute atomic E-state index is 10.7. The molecule has 3 nitrogen and oxygen atoms in total. The van der Waals surface area contributed by atoms with E-state index in [-0.39, 0.29) is 10.5 Å². The standard InChI is InChI=1S/C13H18O3S/c1-4-10-13(3,5-2)16-11-6-8-12(9-7-11)17(14)15/h4,6-10H,5H2,1-3H3,(H,14,15)/p-1. The zero-order valence-electron chi connectivity index (χ0n) is 10.3. The quantitative estimate of drug-likeness (QED) is 0.598. The molecule has 1 rings (SSSR count). The van der Waals surface area contributed by atoms with E-state index in [0.29, 0.717) is 5.75 Å². The van der Waals surface area contributed by atoms with Crippen molar-refractivity contribution in [3.63, 3.8) is 0 Å². The lowest BCUT2D eigenvalue weighted by Crippen LogP contribution is -2.28. The van der Waals surface area contributed by atoms with Crippen LogP contribution in [0.25, 0.3) is 0 Å². The Morgan fingerprint density at radius 2 is 2.00 bits per heavy atom. The van der Waals surface area contributed by atoms with Gasteiger partial charge in [0.25, 0.3) is 0 Å². The van der Waals surface area contributed by atoms with Gasteiger partial charge in [-0.25, -0.2) is 0 Å². The third-order valence-electron chi connectivity index (χ3n) is 2.59. The lowest BCUT2D eigenvalue weighted by molar-refractivity contribution is 0.136. The van der Waals surface area contributed by atoms with Crippen molar-refractivity contribution < 1.29 is 13.5 Å². The van der Waals surface area contributed by atoms with Crippen molar-refractivity contribution in [3.05, 3.63) is 36.4 Å². The van der Waals surface area contributed by atoms with Gasteiger partial charge in [-0.2, -0.15) is 0 Å². The molecule has 0 aliphatic rings. The van der Waals surface area contributed by atoms with Gasteiger partial charge in [0.05, 0.1) is 0 Å². The molecule has 4 heteroatoms. The Balaban J connectivity index is 2.84. The highest BCUT2D eigenvalue weighted by Gasteiger charge is 2.19. The first-order valence-corrected chi connectivity index (χ1v) is 6.60. The van der Waals surface area contributed by atoms with E-state index in [4.69, 9.17) is 4.74 Å². The molecule has 2 unspecified atom stereocenters. The second-order valence-corrected chi connectivity index (χ2v) is 4.92. The minimum atomic E-state index is -2.19. The highest BCUT2D eigenvalue weighted by atomic mass is 32.2. The van der Waals surface area contributed by atoms with E-state index in [0.717, 1.165) is 6.42 Å². The summed E-state index contributed by atoms with van der Waals surface area (Å²) in [4.78, 5) is 0.265. The van der Waals surface area contributed by atoms with Crippen molar-refractivity contribution in [2.45, 2.75) is 37.7 Å². The van der Waals surface area contributed by atoms with Crippen molar-refractivity contribution in [1.82, 2.24) is 0 Å². The molecule has 0 aromatic heterocycles. The molecule has 0 heterocycles. The molecule has 94 valence electrons. The third kappa shape index (κ3) is 3.98. The Kier molecular flexibility index (Phi) is 4.90. The monoisotopic (exact) mass is 253 g/mol. The van der Waals surface area contributed by atoms with Gasteiger partial charge in [0, 0.05) is 4.90 Å². The SMILES string of the molecule is CC=CC(C)(CC)Oc1ccc(S(=O)[O-])cc1. The molecule has 0 fully saturated rings. The summed E-state index contributed by atoms with van der Waals surface area (Å²) in [5.41, 5.74) is -0.354. The molecule has 0 saturated carbocycles. The molecule has 2 atom stereocenters. The number of ether oxygens (including phenoxy) is 1. The van der Waals surface area contributed by atoms with Crippen LogP contribution in [0.5, 0.6) is 5.75 Å². The average Bonchev–Trinajstić information content (AvgIpc) is 2.30. The Labute approximate surface area is 105 Å². The van der Waals surface area contributed by atoms with Gasteiger partial charge in [0.15, 0.2) is 0 Å². The van der Waals surface area contributed by atoms with E-state index < -0.39 is 11.1 Å². The molecule has 1 aromatic rings. The topological polar surface area (TPSA) is 49.4 Å². The smallest absolute Gasteiger partial charge is 0.124 e. The second kappa shape index (κ2) is 5.98. The first-order valence-electron chi connectivity index (χ1n) is 5.53. The van der Waals surface area contributed by atoms with E-state index >= 15 is 0 Å². The fraction of sp³-hybridized carbons (Fsp3) is 0.385. The summed E-state index contributed by atoms with van der Waals surface area (Å²) in [6, 6.07) is 6.40. The number of hydrogen-bond donors (Lipinski definition) is 0. The summed E-state index contributed by atoms with van der Waals surface area (Å²) in [6.07, 6.45) is 4.78. The van der Waals surface area contributed by atoms with Crippen LogP contribution >= 0.6 is 0 Å². The van der Waals surface area contributed by atoms with Gasteiger partial charge in [-0.15, -0.1) is 0 Å². The van der Waals surface area contributed by atoms with E-state index in [2.05, 4.69) is 0 Å². The lowest BCUT2D eigenvalue weighted by atomic mass is 10.0.